The molecule has 1 unspecified atom stereocenters. The van der Waals surface area contributed by atoms with Crippen LogP contribution in [0.4, 0.5) is 0 Å². The van der Waals surface area contributed by atoms with Crippen LogP contribution in [0.15, 0.2) is 24.3 Å². The van der Waals surface area contributed by atoms with E-state index in [0.29, 0.717) is 22.6 Å². The van der Waals surface area contributed by atoms with Gasteiger partial charge in [-0.2, -0.15) is 0 Å². The monoisotopic (exact) mass is 289 g/mol. The van der Waals surface area contributed by atoms with E-state index in [1.54, 1.807) is 6.07 Å². The molecule has 0 aliphatic heterocycles. The molecule has 2 N–H and O–H groups in total. The molecule has 0 aromatic heterocycles. The summed E-state index contributed by atoms with van der Waals surface area (Å²) in [6, 6.07) is 8.48. The number of nitrogens with one attached hydrogen (secondary N) is 1. The summed E-state index contributed by atoms with van der Waals surface area (Å²) in [6.07, 6.45) is 4.70. The molecule has 1 fully saturated rings. The summed E-state index contributed by atoms with van der Waals surface area (Å²) in [5.41, 5.74) is 1.80. The minimum atomic E-state index is 0.237. The highest BCUT2D eigenvalue weighted by Crippen LogP contribution is 2.46. The van der Waals surface area contributed by atoms with Crippen LogP contribution in [0.1, 0.15) is 71.9 Å². The smallest absolute Gasteiger partial charge is 0.120 e. The molecule has 0 heterocycles. The summed E-state index contributed by atoms with van der Waals surface area (Å²) in [4.78, 5) is 0. The van der Waals surface area contributed by atoms with Crippen LogP contribution >= 0.6 is 0 Å². The highest BCUT2D eigenvalue weighted by Gasteiger charge is 2.38. The van der Waals surface area contributed by atoms with E-state index in [4.69, 9.17) is 0 Å². The Kier molecular flexibility index (Phi) is 4.67. The van der Waals surface area contributed by atoms with Crippen molar-refractivity contribution < 1.29 is 5.11 Å². The molecule has 1 aromatic carbocycles. The summed E-state index contributed by atoms with van der Waals surface area (Å²) in [7, 11) is 0. The largest absolute Gasteiger partial charge is 0.508 e. The lowest BCUT2D eigenvalue weighted by Crippen LogP contribution is -2.45. The maximum Gasteiger partial charge on any atom is 0.120 e. The zero-order valence-corrected chi connectivity index (χ0v) is 14.2. The normalized spacial score (nSPS) is 22.9. The van der Waals surface area contributed by atoms with Crippen molar-refractivity contribution in [3.05, 3.63) is 29.8 Å². The second-order valence-electron chi connectivity index (χ2n) is 8.30. The lowest BCUT2D eigenvalue weighted by molar-refractivity contribution is 0.0797. The second kappa shape index (κ2) is 6.00. The third-order valence-corrected chi connectivity index (χ3v) is 4.71. The number of rotatable bonds is 4. The molecule has 0 radical (unpaired) electrons. The average Bonchev–Trinajstić information content (AvgIpc) is 2.33. The predicted molar refractivity (Wildman–Crippen MR) is 89.5 cm³/mol. The van der Waals surface area contributed by atoms with Crippen LogP contribution in [0, 0.1) is 10.8 Å². The van der Waals surface area contributed by atoms with Crippen molar-refractivity contribution in [3.63, 3.8) is 0 Å². The number of aromatic hydroxyl groups is 1. The fraction of sp³-hybridized carbons (Fsp3) is 0.684. The van der Waals surface area contributed by atoms with Gasteiger partial charge in [0.2, 0.25) is 0 Å². The van der Waals surface area contributed by atoms with Crippen LogP contribution in [0.3, 0.4) is 0 Å². The predicted octanol–water partition coefficient (Wildman–Crippen LogP) is 5.04. The van der Waals surface area contributed by atoms with E-state index >= 15 is 0 Å². The van der Waals surface area contributed by atoms with Crippen LogP contribution in [-0.2, 0) is 0 Å². The number of benzene rings is 1. The summed E-state index contributed by atoms with van der Waals surface area (Å²) in [6.45, 7) is 11.7. The van der Waals surface area contributed by atoms with Crippen molar-refractivity contribution in [3.8, 4) is 5.75 Å². The maximum atomic E-state index is 10.1. The van der Waals surface area contributed by atoms with E-state index in [1.165, 1.54) is 19.3 Å². The van der Waals surface area contributed by atoms with Crippen LogP contribution < -0.4 is 5.32 Å². The Hall–Kier alpha value is -1.02. The molecular formula is C19H31NO. The summed E-state index contributed by atoms with van der Waals surface area (Å²) < 4.78 is 0. The van der Waals surface area contributed by atoms with Crippen LogP contribution in [-0.4, -0.2) is 11.1 Å². The third kappa shape index (κ3) is 4.23. The second-order valence-corrected chi connectivity index (χ2v) is 8.30. The van der Waals surface area contributed by atoms with Gasteiger partial charge in [0, 0.05) is 17.6 Å². The van der Waals surface area contributed by atoms with Crippen LogP contribution in [0.5, 0.6) is 5.75 Å². The molecule has 118 valence electrons. The van der Waals surface area contributed by atoms with Gasteiger partial charge >= 0.3 is 0 Å². The first-order chi connectivity index (χ1) is 9.72. The van der Waals surface area contributed by atoms with Gasteiger partial charge < -0.3 is 10.4 Å². The minimum absolute atomic E-state index is 0.237. The quantitative estimate of drug-likeness (QED) is 0.814. The van der Waals surface area contributed by atoms with Crippen molar-refractivity contribution in [2.24, 2.45) is 10.8 Å². The van der Waals surface area contributed by atoms with Gasteiger partial charge in [-0.15, -0.1) is 0 Å². The maximum absolute atomic E-state index is 10.1. The van der Waals surface area contributed by atoms with Crippen molar-refractivity contribution in [2.75, 3.05) is 0 Å². The van der Waals surface area contributed by atoms with Gasteiger partial charge in [-0.1, -0.05) is 52.8 Å². The Morgan fingerprint density at radius 3 is 2.24 bits per heavy atom. The van der Waals surface area contributed by atoms with E-state index in [0.717, 1.165) is 12.0 Å². The third-order valence-electron chi connectivity index (χ3n) is 4.71. The molecule has 2 nitrogen and oxygen atoms in total. The van der Waals surface area contributed by atoms with Crippen LogP contribution in [0.2, 0.25) is 0 Å². The fourth-order valence-corrected chi connectivity index (χ4v) is 4.46. The Bertz CT molecular complexity index is 462. The van der Waals surface area contributed by atoms with E-state index in [-0.39, 0.29) is 6.04 Å². The molecule has 1 aromatic rings. The lowest BCUT2D eigenvalue weighted by Gasteiger charge is -2.46. The molecule has 1 saturated carbocycles. The first-order valence-corrected chi connectivity index (χ1v) is 8.26. The van der Waals surface area contributed by atoms with E-state index < -0.39 is 0 Å². The van der Waals surface area contributed by atoms with Gasteiger partial charge in [-0.25, -0.2) is 0 Å². The van der Waals surface area contributed by atoms with Gasteiger partial charge in [0.05, 0.1) is 0 Å². The standard InChI is InChI=1S/C19H31NO/c1-6-16(15-9-7-8-10-17(15)21)20-14-11-18(2,3)13-19(4,5)12-14/h7-10,14,16,20-21H,6,11-13H2,1-5H3. The number of hydrogen-bond acceptors (Lipinski definition) is 2. The molecule has 0 saturated heterocycles. The molecule has 2 heteroatoms. The number of para-hydroxylation sites is 1. The first kappa shape index (κ1) is 16.4. The fourth-order valence-electron chi connectivity index (χ4n) is 4.46. The first-order valence-electron chi connectivity index (χ1n) is 8.26. The van der Waals surface area contributed by atoms with Gasteiger partial charge in [0.25, 0.3) is 0 Å². The molecular weight excluding hydrogens is 258 g/mol. The van der Waals surface area contributed by atoms with Gasteiger partial charge in [-0.05, 0) is 42.6 Å². The SMILES string of the molecule is CCC(NC1CC(C)(C)CC(C)(C)C1)c1ccccc1O. The molecule has 1 aliphatic carbocycles. The summed E-state index contributed by atoms with van der Waals surface area (Å²) in [5, 5.41) is 13.9. The summed E-state index contributed by atoms with van der Waals surface area (Å²) in [5.74, 6) is 0.408. The molecule has 2 rings (SSSR count). The van der Waals surface area contributed by atoms with Gasteiger partial charge in [0.1, 0.15) is 5.75 Å². The van der Waals surface area contributed by atoms with E-state index in [9.17, 15) is 5.11 Å². The Morgan fingerprint density at radius 2 is 1.71 bits per heavy atom. The molecule has 1 aliphatic rings. The van der Waals surface area contributed by atoms with Crippen molar-refractivity contribution in [1.29, 1.82) is 0 Å². The number of hydrogen-bond donors (Lipinski definition) is 2. The molecule has 21 heavy (non-hydrogen) atoms. The zero-order chi connectivity index (χ0) is 15.7. The van der Waals surface area contributed by atoms with Gasteiger partial charge in [-0.3, -0.25) is 0 Å². The Labute approximate surface area is 130 Å². The lowest BCUT2D eigenvalue weighted by atomic mass is 9.63. The van der Waals surface area contributed by atoms with E-state index in [1.807, 2.05) is 18.2 Å². The molecule has 0 amide bonds. The number of phenols is 1. The average molecular weight is 289 g/mol. The minimum Gasteiger partial charge on any atom is -0.508 e. The highest BCUT2D eigenvalue weighted by atomic mass is 16.3. The highest BCUT2D eigenvalue weighted by molar-refractivity contribution is 5.34. The number of phenolic OH excluding ortho intramolecular Hbond substituents is 1. The van der Waals surface area contributed by atoms with Crippen LogP contribution in [0.25, 0.3) is 0 Å². The van der Waals surface area contributed by atoms with Crippen molar-refractivity contribution in [1.82, 2.24) is 5.32 Å². The Morgan fingerprint density at radius 1 is 1.14 bits per heavy atom. The zero-order valence-electron chi connectivity index (χ0n) is 14.2. The Balaban J connectivity index is 2.13. The van der Waals surface area contributed by atoms with Gasteiger partial charge in [0.15, 0.2) is 0 Å². The van der Waals surface area contributed by atoms with Crippen molar-refractivity contribution >= 4 is 0 Å². The van der Waals surface area contributed by atoms with Crippen molar-refractivity contribution in [2.45, 2.75) is 72.4 Å². The molecule has 0 spiro atoms. The molecule has 0 bridgehead atoms. The topological polar surface area (TPSA) is 32.3 Å². The van der Waals surface area contributed by atoms with E-state index in [2.05, 4.69) is 39.9 Å². The summed E-state index contributed by atoms with van der Waals surface area (Å²) >= 11 is 0. The molecule has 1 atom stereocenters.